The maximum atomic E-state index is 12.3. The normalized spacial score (nSPS) is 19.3. The lowest BCUT2D eigenvalue weighted by Crippen LogP contribution is -2.52. The maximum Gasteiger partial charge on any atom is 0.339 e. The number of hydrogen-bond acceptors (Lipinski definition) is 6. The van der Waals surface area contributed by atoms with E-state index >= 15 is 0 Å². The van der Waals surface area contributed by atoms with Crippen molar-refractivity contribution < 1.29 is 19.4 Å². The third kappa shape index (κ3) is 4.69. The van der Waals surface area contributed by atoms with Crippen LogP contribution in [-0.2, 0) is 4.74 Å². The fourth-order valence-electron chi connectivity index (χ4n) is 3.09. The van der Waals surface area contributed by atoms with E-state index in [9.17, 15) is 14.7 Å². The van der Waals surface area contributed by atoms with Gasteiger partial charge in [-0.1, -0.05) is 12.1 Å². The Kier molecular flexibility index (Phi) is 5.83. The Balaban J connectivity index is 1.66. The van der Waals surface area contributed by atoms with Crippen LogP contribution in [0, 0.1) is 0 Å². The number of ether oxygens (including phenoxy) is 1. The molecule has 142 valence electrons. The van der Waals surface area contributed by atoms with Gasteiger partial charge in [0.25, 0.3) is 5.91 Å². The van der Waals surface area contributed by atoms with E-state index in [-0.39, 0.29) is 12.5 Å². The molecule has 1 aliphatic heterocycles. The predicted octanol–water partition coefficient (Wildman–Crippen LogP) is 1.38. The number of hydrogen-bond donors (Lipinski definition) is 3. The van der Waals surface area contributed by atoms with Crippen molar-refractivity contribution in [3.05, 3.63) is 53.9 Å². The van der Waals surface area contributed by atoms with Crippen molar-refractivity contribution in [1.82, 2.24) is 15.6 Å². The number of pyridine rings is 1. The van der Waals surface area contributed by atoms with E-state index in [1.54, 1.807) is 36.5 Å². The van der Waals surface area contributed by atoms with Crippen molar-refractivity contribution in [2.75, 3.05) is 26.7 Å². The molecule has 1 saturated heterocycles. The van der Waals surface area contributed by atoms with Crippen LogP contribution in [0.5, 0.6) is 0 Å². The Labute approximate surface area is 157 Å². The number of β-amino-alcohol motifs (C(OH)–C–C–N with tert-alkyl or cyclic N) is 1. The van der Waals surface area contributed by atoms with Gasteiger partial charge < -0.3 is 20.5 Å². The minimum atomic E-state index is -0.895. The van der Waals surface area contributed by atoms with Crippen molar-refractivity contribution in [2.45, 2.75) is 18.4 Å². The Bertz CT molecular complexity index is 814. The first-order valence-electron chi connectivity index (χ1n) is 8.86. The lowest BCUT2D eigenvalue weighted by Gasteiger charge is -2.32. The second-order valence-electron chi connectivity index (χ2n) is 6.72. The zero-order chi connectivity index (χ0) is 19.3. The zero-order valence-corrected chi connectivity index (χ0v) is 15.2. The van der Waals surface area contributed by atoms with E-state index in [0.29, 0.717) is 24.1 Å². The number of amides is 1. The molecule has 1 aromatic heterocycles. The van der Waals surface area contributed by atoms with Crippen LogP contribution < -0.4 is 10.6 Å². The van der Waals surface area contributed by atoms with Crippen molar-refractivity contribution in [2.24, 2.45) is 0 Å². The molecule has 3 rings (SSSR count). The molecule has 7 nitrogen and oxygen atoms in total. The number of nitrogens with zero attached hydrogens (tertiary/aromatic N) is 1. The Morgan fingerprint density at radius 2 is 2.00 bits per heavy atom. The summed E-state index contributed by atoms with van der Waals surface area (Å²) in [6, 6.07) is 8.70. The highest BCUT2D eigenvalue weighted by molar-refractivity contribution is 5.95. The number of methoxy groups -OCH3 is 1. The predicted molar refractivity (Wildman–Crippen MR) is 100 cm³/mol. The first kappa shape index (κ1) is 19.0. The molecule has 0 spiro atoms. The molecule has 2 aromatic rings. The van der Waals surface area contributed by atoms with Gasteiger partial charge in [-0.15, -0.1) is 0 Å². The minimum Gasteiger partial charge on any atom is -0.465 e. The van der Waals surface area contributed by atoms with Gasteiger partial charge in [-0.05, 0) is 43.1 Å². The van der Waals surface area contributed by atoms with Crippen LogP contribution in [0.4, 0.5) is 0 Å². The lowest BCUT2D eigenvalue weighted by atomic mass is 9.94. The van der Waals surface area contributed by atoms with E-state index in [0.717, 1.165) is 24.1 Å². The average Bonchev–Trinajstić information content (AvgIpc) is 2.72. The van der Waals surface area contributed by atoms with E-state index in [1.807, 2.05) is 0 Å². The summed E-state index contributed by atoms with van der Waals surface area (Å²) in [6.45, 7) is 1.59. The van der Waals surface area contributed by atoms with E-state index in [1.165, 1.54) is 13.3 Å². The number of piperidine rings is 1. The van der Waals surface area contributed by atoms with Crippen LogP contribution in [0.15, 0.2) is 42.7 Å². The standard InChI is InChI=1S/C20H23N3O4/c1-27-19(25)17-9-16(10-22-11-17)14-3-5-15(6-4-14)18(24)23-13-20(26)7-2-8-21-12-20/h3-6,9-11,21,26H,2,7-8,12-13H2,1H3,(H,23,24)/t20-/m0/s1. The van der Waals surface area contributed by atoms with Crippen LogP contribution >= 0.6 is 0 Å². The maximum absolute atomic E-state index is 12.3. The van der Waals surface area contributed by atoms with Gasteiger partial charge in [0.15, 0.2) is 0 Å². The van der Waals surface area contributed by atoms with E-state index < -0.39 is 11.6 Å². The van der Waals surface area contributed by atoms with Crippen LogP contribution in [0.3, 0.4) is 0 Å². The molecule has 0 bridgehead atoms. The quantitative estimate of drug-likeness (QED) is 0.689. The Morgan fingerprint density at radius 3 is 2.67 bits per heavy atom. The molecular formula is C20H23N3O4. The Morgan fingerprint density at radius 1 is 1.22 bits per heavy atom. The first-order chi connectivity index (χ1) is 13.0. The highest BCUT2D eigenvalue weighted by Crippen LogP contribution is 2.21. The van der Waals surface area contributed by atoms with Gasteiger partial charge in [0.2, 0.25) is 0 Å². The summed E-state index contributed by atoms with van der Waals surface area (Å²) >= 11 is 0. The third-order valence-electron chi connectivity index (χ3n) is 4.67. The van der Waals surface area contributed by atoms with Crippen molar-refractivity contribution in [3.8, 4) is 11.1 Å². The van der Waals surface area contributed by atoms with E-state index in [4.69, 9.17) is 4.74 Å². The van der Waals surface area contributed by atoms with Crippen molar-refractivity contribution >= 4 is 11.9 Å². The summed E-state index contributed by atoms with van der Waals surface area (Å²) in [4.78, 5) is 28.0. The molecule has 3 N–H and O–H groups in total. The highest BCUT2D eigenvalue weighted by Gasteiger charge is 2.29. The summed E-state index contributed by atoms with van der Waals surface area (Å²) in [6.07, 6.45) is 4.65. The van der Waals surface area contributed by atoms with E-state index in [2.05, 4.69) is 15.6 Å². The number of rotatable bonds is 5. The molecular weight excluding hydrogens is 346 g/mol. The molecule has 1 amide bonds. The van der Waals surface area contributed by atoms with Crippen molar-refractivity contribution in [3.63, 3.8) is 0 Å². The molecule has 1 aromatic carbocycles. The number of benzene rings is 1. The summed E-state index contributed by atoms with van der Waals surface area (Å²) in [7, 11) is 1.32. The second-order valence-corrected chi connectivity index (χ2v) is 6.72. The number of esters is 1. The molecule has 0 aliphatic carbocycles. The SMILES string of the molecule is COC(=O)c1cncc(-c2ccc(C(=O)NC[C@]3(O)CCCNC3)cc2)c1. The Hall–Kier alpha value is -2.77. The molecule has 0 saturated carbocycles. The topological polar surface area (TPSA) is 101 Å². The molecule has 1 fully saturated rings. The first-order valence-corrected chi connectivity index (χ1v) is 8.86. The van der Waals surface area contributed by atoms with Crippen LogP contribution in [0.25, 0.3) is 11.1 Å². The summed E-state index contributed by atoms with van der Waals surface area (Å²) < 4.78 is 4.71. The molecule has 1 atom stereocenters. The van der Waals surface area contributed by atoms with Gasteiger partial charge in [-0.3, -0.25) is 9.78 Å². The molecule has 7 heteroatoms. The fourth-order valence-corrected chi connectivity index (χ4v) is 3.09. The van der Waals surface area contributed by atoms with Crippen LogP contribution in [-0.4, -0.2) is 54.3 Å². The number of carbonyl (C=O) groups excluding carboxylic acids is 2. The van der Waals surface area contributed by atoms with Gasteiger partial charge in [0, 0.05) is 36.6 Å². The summed E-state index contributed by atoms with van der Waals surface area (Å²) in [5.41, 5.74) is 1.56. The lowest BCUT2D eigenvalue weighted by molar-refractivity contribution is 0.0170. The summed E-state index contributed by atoms with van der Waals surface area (Å²) in [5, 5.41) is 16.4. The number of aromatic nitrogens is 1. The largest absolute Gasteiger partial charge is 0.465 e. The fraction of sp³-hybridized carbons (Fsp3) is 0.350. The zero-order valence-electron chi connectivity index (χ0n) is 15.2. The van der Waals surface area contributed by atoms with Gasteiger partial charge in [-0.25, -0.2) is 4.79 Å². The number of nitrogens with one attached hydrogen (secondary N) is 2. The molecule has 0 radical (unpaired) electrons. The summed E-state index contributed by atoms with van der Waals surface area (Å²) in [5.74, 6) is -0.683. The highest BCUT2D eigenvalue weighted by atomic mass is 16.5. The van der Waals surface area contributed by atoms with Gasteiger partial charge in [0.1, 0.15) is 0 Å². The second kappa shape index (κ2) is 8.28. The number of aliphatic hydroxyl groups is 1. The van der Waals surface area contributed by atoms with Gasteiger partial charge in [0.05, 0.1) is 18.3 Å². The van der Waals surface area contributed by atoms with Gasteiger partial charge in [-0.2, -0.15) is 0 Å². The minimum absolute atomic E-state index is 0.214. The van der Waals surface area contributed by atoms with Gasteiger partial charge >= 0.3 is 5.97 Å². The smallest absolute Gasteiger partial charge is 0.339 e. The molecule has 0 unspecified atom stereocenters. The third-order valence-corrected chi connectivity index (χ3v) is 4.67. The van der Waals surface area contributed by atoms with Crippen molar-refractivity contribution in [1.29, 1.82) is 0 Å². The number of carbonyl (C=O) groups is 2. The van der Waals surface area contributed by atoms with Crippen LogP contribution in [0.1, 0.15) is 33.6 Å². The molecule has 27 heavy (non-hydrogen) atoms. The molecule has 2 heterocycles. The monoisotopic (exact) mass is 369 g/mol. The molecule has 1 aliphatic rings. The average molecular weight is 369 g/mol. The van der Waals surface area contributed by atoms with Crippen LogP contribution in [0.2, 0.25) is 0 Å².